The van der Waals surface area contributed by atoms with Gasteiger partial charge in [-0.3, -0.25) is 14.4 Å². The number of likely N-dealkylation sites (N-methyl/N-ethyl adjacent to an activating group) is 1. The number of rotatable bonds is 8. The molecule has 2 unspecified atom stereocenters. The Morgan fingerprint density at radius 2 is 1.78 bits per heavy atom. The summed E-state index contributed by atoms with van der Waals surface area (Å²) >= 11 is 4.95. The highest BCUT2D eigenvalue weighted by molar-refractivity contribution is 7.79. The molecule has 1 rings (SSSR count). The van der Waals surface area contributed by atoms with Crippen molar-refractivity contribution in [2.75, 3.05) is 12.4 Å². The molecule has 0 aliphatic rings. The summed E-state index contributed by atoms with van der Waals surface area (Å²) < 4.78 is 0.463. The average molecular weight is 433 g/mol. The van der Waals surface area contributed by atoms with Crippen LogP contribution in [-0.4, -0.2) is 35.8 Å². The molecule has 7 nitrogen and oxygen atoms in total. The SMILES string of the molecule is CNC(=O)C(NC(=O)C(CC(=O)Nc1nc(=S)ss1)CC(C)C)C(C)(C)C. The Balaban J connectivity index is 2.87. The van der Waals surface area contributed by atoms with Crippen molar-refractivity contribution in [1.29, 1.82) is 0 Å². The van der Waals surface area contributed by atoms with Crippen LogP contribution < -0.4 is 16.0 Å². The summed E-state index contributed by atoms with van der Waals surface area (Å²) in [7, 11) is 4.13. The Hall–Kier alpha value is -1.39. The minimum atomic E-state index is -0.684. The van der Waals surface area contributed by atoms with Gasteiger partial charge in [0.15, 0.2) is 3.95 Å². The van der Waals surface area contributed by atoms with Gasteiger partial charge in [0.2, 0.25) is 22.9 Å². The maximum Gasteiger partial charge on any atom is 0.242 e. The van der Waals surface area contributed by atoms with Gasteiger partial charge in [0.1, 0.15) is 6.04 Å². The van der Waals surface area contributed by atoms with E-state index in [1.165, 1.54) is 27.7 Å². The van der Waals surface area contributed by atoms with Crippen molar-refractivity contribution in [2.24, 2.45) is 17.3 Å². The normalized spacial score (nSPS) is 13.7. The van der Waals surface area contributed by atoms with E-state index < -0.39 is 17.4 Å². The van der Waals surface area contributed by atoms with Crippen LogP contribution in [0.25, 0.3) is 0 Å². The molecule has 0 aliphatic carbocycles. The Morgan fingerprint density at radius 3 is 2.22 bits per heavy atom. The highest BCUT2D eigenvalue weighted by Crippen LogP contribution is 2.23. The molecule has 0 spiro atoms. The summed E-state index contributed by atoms with van der Waals surface area (Å²) in [5.41, 5.74) is -0.456. The number of amides is 3. The molecular formula is C17H28N4O3S3. The topological polar surface area (TPSA) is 100 Å². The second-order valence-corrected chi connectivity index (χ2v) is 10.6. The fraction of sp³-hybridized carbons (Fsp3) is 0.706. The molecule has 2 atom stereocenters. The van der Waals surface area contributed by atoms with E-state index in [2.05, 4.69) is 20.9 Å². The molecule has 3 amide bonds. The number of carbonyl (C=O) groups excluding carboxylic acids is 3. The van der Waals surface area contributed by atoms with Crippen molar-refractivity contribution in [1.82, 2.24) is 15.6 Å². The van der Waals surface area contributed by atoms with Crippen LogP contribution in [0.15, 0.2) is 0 Å². The van der Waals surface area contributed by atoms with Gasteiger partial charge in [-0.1, -0.05) is 34.6 Å². The van der Waals surface area contributed by atoms with Crippen molar-refractivity contribution in [3.8, 4) is 0 Å². The second-order valence-electron chi connectivity index (χ2n) is 7.85. The Bertz CT molecular complexity index is 721. The number of hydrogen-bond acceptors (Lipinski definition) is 7. The van der Waals surface area contributed by atoms with E-state index in [1.54, 1.807) is 0 Å². The van der Waals surface area contributed by atoms with E-state index in [0.29, 0.717) is 15.5 Å². The van der Waals surface area contributed by atoms with Gasteiger partial charge in [-0.25, -0.2) is 0 Å². The summed E-state index contributed by atoms with van der Waals surface area (Å²) in [6.45, 7) is 9.63. The van der Waals surface area contributed by atoms with Crippen LogP contribution in [-0.2, 0) is 14.4 Å². The van der Waals surface area contributed by atoms with Crippen molar-refractivity contribution in [3.05, 3.63) is 3.95 Å². The highest BCUT2D eigenvalue weighted by Gasteiger charge is 2.34. The molecule has 0 fully saturated rings. The second kappa shape index (κ2) is 10.2. The number of anilines is 1. The largest absolute Gasteiger partial charge is 0.357 e. The van der Waals surface area contributed by atoms with Gasteiger partial charge in [-0.15, -0.1) is 0 Å². The first-order valence-corrected chi connectivity index (χ1v) is 11.3. The lowest BCUT2D eigenvalue weighted by Crippen LogP contribution is -2.54. The number of nitrogens with one attached hydrogen (secondary N) is 3. The van der Waals surface area contributed by atoms with Crippen molar-refractivity contribution in [2.45, 2.75) is 53.5 Å². The van der Waals surface area contributed by atoms with Gasteiger partial charge in [-0.2, -0.15) is 4.98 Å². The van der Waals surface area contributed by atoms with Crippen LogP contribution >= 0.6 is 32.9 Å². The molecule has 152 valence electrons. The average Bonchev–Trinajstić information content (AvgIpc) is 2.94. The third kappa shape index (κ3) is 8.02. The maximum absolute atomic E-state index is 12.8. The fourth-order valence-electron chi connectivity index (χ4n) is 2.57. The Kier molecular flexibility index (Phi) is 8.97. The van der Waals surface area contributed by atoms with Gasteiger partial charge < -0.3 is 16.0 Å². The molecule has 0 radical (unpaired) electrons. The predicted octanol–water partition coefficient (Wildman–Crippen LogP) is 3.20. The molecule has 27 heavy (non-hydrogen) atoms. The zero-order chi connectivity index (χ0) is 20.8. The molecule has 10 heteroatoms. The van der Waals surface area contributed by atoms with E-state index in [0.717, 1.165) is 0 Å². The third-order valence-corrected chi connectivity index (χ3v) is 6.37. The minimum Gasteiger partial charge on any atom is -0.357 e. The van der Waals surface area contributed by atoms with Gasteiger partial charge in [0.05, 0.1) is 0 Å². The van der Waals surface area contributed by atoms with Crippen LogP contribution in [0.5, 0.6) is 0 Å². The van der Waals surface area contributed by atoms with E-state index in [1.807, 2.05) is 34.6 Å². The van der Waals surface area contributed by atoms with Crippen molar-refractivity contribution < 1.29 is 14.4 Å². The molecule has 1 aromatic rings. The first-order valence-electron chi connectivity index (χ1n) is 8.73. The number of nitrogens with zero attached hydrogens (tertiary/aromatic N) is 1. The van der Waals surface area contributed by atoms with Crippen LogP contribution in [0.2, 0.25) is 0 Å². The maximum atomic E-state index is 12.8. The fourth-order valence-corrected chi connectivity index (χ4v) is 4.45. The lowest BCUT2D eigenvalue weighted by Gasteiger charge is -2.31. The molecule has 0 aromatic carbocycles. The molecule has 0 saturated carbocycles. The summed E-state index contributed by atoms with van der Waals surface area (Å²) in [6.07, 6.45) is 0.558. The monoisotopic (exact) mass is 432 g/mol. The zero-order valence-electron chi connectivity index (χ0n) is 16.5. The molecule has 1 aromatic heterocycles. The molecule has 0 saturated heterocycles. The molecule has 0 aliphatic heterocycles. The highest BCUT2D eigenvalue weighted by atomic mass is 32.9. The zero-order valence-corrected chi connectivity index (χ0v) is 19.0. The smallest absolute Gasteiger partial charge is 0.242 e. The van der Waals surface area contributed by atoms with Crippen LogP contribution in [0.3, 0.4) is 0 Å². The lowest BCUT2D eigenvalue weighted by molar-refractivity contribution is -0.134. The van der Waals surface area contributed by atoms with Gasteiger partial charge in [-0.05, 0) is 50.7 Å². The quantitative estimate of drug-likeness (QED) is 0.433. The van der Waals surface area contributed by atoms with Crippen molar-refractivity contribution in [3.63, 3.8) is 0 Å². The van der Waals surface area contributed by atoms with E-state index >= 15 is 0 Å². The summed E-state index contributed by atoms with van der Waals surface area (Å²) in [4.78, 5) is 41.4. The number of hydrogen-bond donors (Lipinski definition) is 3. The van der Waals surface area contributed by atoms with Crippen LogP contribution in [0, 0.1) is 21.2 Å². The van der Waals surface area contributed by atoms with Crippen LogP contribution in [0.1, 0.15) is 47.5 Å². The van der Waals surface area contributed by atoms with Gasteiger partial charge in [0.25, 0.3) is 0 Å². The first kappa shape index (κ1) is 23.6. The third-order valence-electron chi connectivity index (χ3n) is 3.85. The van der Waals surface area contributed by atoms with Gasteiger partial charge >= 0.3 is 0 Å². The first-order chi connectivity index (χ1) is 12.4. The van der Waals surface area contributed by atoms with Crippen molar-refractivity contribution >= 4 is 55.8 Å². The number of carbonyl (C=O) groups is 3. The van der Waals surface area contributed by atoms with Gasteiger partial charge in [0, 0.05) is 19.4 Å². The Morgan fingerprint density at radius 1 is 1.15 bits per heavy atom. The molecule has 0 bridgehead atoms. The van der Waals surface area contributed by atoms with E-state index in [4.69, 9.17) is 12.2 Å². The van der Waals surface area contributed by atoms with E-state index in [9.17, 15) is 14.4 Å². The lowest BCUT2D eigenvalue weighted by atomic mass is 9.85. The summed E-state index contributed by atoms with van der Waals surface area (Å²) in [5.74, 6) is -1.16. The standard InChI is InChI=1S/C17H28N4O3S3/c1-9(2)7-10(8-11(22)19-15-21-16(25)27-26-15)13(23)20-12(14(24)18-6)17(3,4)5/h9-10,12H,7-8H2,1-6H3,(H,18,24)(H,20,23)(H,19,21,22,25). The summed E-state index contributed by atoms with van der Waals surface area (Å²) in [6, 6.07) is -0.684. The Labute approximate surface area is 172 Å². The van der Waals surface area contributed by atoms with E-state index in [-0.39, 0.29) is 30.1 Å². The minimum absolute atomic E-state index is 0.0195. The number of aromatic nitrogens is 1. The van der Waals surface area contributed by atoms with Crippen LogP contribution in [0.4, 0.5) is 5.13 Å². The molecular weight excluding hydrogens is 404 g/mol. The molecule has 1 heterocycles. The predicted molar refractivity (Wildman–Crippen MR) is 112 cm³/mol. The molecule has 3 N–H and O–H groups in total. The summed E-state index contributed by atoms with van der Waals surface area (Å²) in [5, 5.41) is 8.54.